The van der Waals surface area contributed by atoms with Crippen LogP contribution in [0.25, 0.3) is 0 Å². The van der Waals surface area contributed by atoms with Crippen LogP contribution in [-0.2, 0) is 0 Å². The molecule has 2 aliphatic heterocycles. The fraction of sp³-hybridized carbons (Fsp3) is 1.00. The molecule has 2 aliphatic rings. The summed E-state index contributed by atoms with van der Waals surface area (Å²) in [6, 6.07) is 0. The van der Waals surface area contributed by atoms with Crippen LogP contribution in [-0.4, -0.2) is 68.8 Å². The summed E-state index contributed by atoms with van der Waals surface area (Å²) in [5.41, 5.74) is 0.160. The van der Waals surface area contributed by atoms with Crippen molar-refractivity contribution < 1.29 is 13.2 Å². The van der Waals surface area contributed by atoms with Crippen LogP contribution >= 0.6 is 0 Å². The average Bonchev–Trinajstić information content (AvgIpc) is 2.58. The number of hydrogen-bond donors (Lipinski definition) is 1. The lowest BCUT2D eigenvalue weighted by atomic mass is 9.80. The Hall–Kier alpha value is -0.330. The molecular weight excluding hydrogens is 267 g/mol. The molecule has 2 heterocycles. The monoisotopic (exact) mass is 293 g/mol. The van der Waals surface area contributed by atoms with Gasteiger partial charge in [-0.2, -0.15) is 13.2 Å². The van der Waals surface area contributed by atoms with E-state index in [1.807, 2.05) is 4.90 Å². The molecule has 1 unspecified atom stereocenters. The topological polar surface area (TPSA) is 18.5 Å². The summed E-state index contributed by atoms with van der Waals surface area (Å²) in [7, 11) is 2.11. The minimum atomic E-state index is -4.09. The van der Waals surface area contributed by atoms with E-state index >= 15 is 0 Å². The Morgan fingerprint density at radius 3 is 2.45 bits per heavy atom. The number of nitrogens with zero attached hydrogens (tertiary/aromatic N) is 2. The SMILES string of the molecule is CN1CCC(C)(CN2CCNCC(C(F)(F)F)C2)CC1. The van der Waals surface area contributed by atoms with Crippen molar-refractivity contribution >= 4 is 0 Å². The quantitative estimate of drug-likeness (QED) is 0.837. The molecule has 2 rings (SSSR count). The van der Waals surface area contributed by atoms with Gasteiger partial charge in [-0.05, 0) is 38.4 Å². The number of alkyl halides is 3. The predicted octanol–water partition coefficient (Wildman–Crippen LogP) is 1.80. The Morgan fingerprint density at radius 1 is 1.20 bits per heavy atom. The minimum absolute atomic E-state index is 0.0550. The third-order valence-corrected chi connectivity index (χ3v) is 4.74. The zero-order valence-electron chi connectivity index (χ0n) is 12.5. The van der Waals surface area contributed by atoms with E-state index in [-0.39, 0.29) is 18.5 Å². The van der Waals surface area contributed by atoms with Crippen LogP contribution in [0.4, 0.5) is 13.2 Å². The molecular formula is C14H26F3N3. The van der Waals surface area contributed by atoms with E-state index in [4.69, 9.17) is 0 Å². The highest BCUT2D eigenvalue weighted by Crippen LogP contribution is 2.33. The molecule has 0 aromatic carbocycles. The third kappa shape index (κ3) is 4.33. The number of nitrogens with one attached hydrogen (secondary N) is 1. The van der Waals surface area contributed by atoms with Gasteiger partial charge < -0.3 is 15.1 Å². The van der Waals surface area contributed by atoms with Gasteiger partial charge in [0.15, 0.2) is 0 Å². The summed E-state index contributed by atoms with van der Waals surface area (Å²) in [5, 5.41) is 2.92. The smallest absolute Gasteiger partial charge is 0.315 e. The molecule has 0 amide bonds. The van der Waals surface area contributed by atoms with E-state index in [1.165, 1.54) is 0 Å². The maximum absolute atomic E-state index is 12.9. The summed E-state index contributed by atoms with van der Waals surface area (Å²) in [5.74, 6) is -1.24. The van der Waals surface area contributed by atoms with Crippen molar-refractivity contribution in [1.29, 1.82) is 0 Å². The highest BCUT2D eigenvalue weighted by atomic mass is 19.4. The maximum atomic E-state index is 12.9. The van der Waals surface area contributed by atoms with E-state index in [9.17, 15) is 13.2 Å². The van der Waals surface area contributed by atoms with Gasteiger partial charge in [-0.15, -0.1) is 0 Å². The fourth-order valence-corrected chi connectivity index (χ4v) is 3.20. The molecule has 1 N–H and O–H groups in total. The maximum Gasteiger partial charge on any atom is 0.394 e. The molecule has 2 fully saturated rings. The molecule has 1 atom stereocenters. The summed E-state index contributed by atoms with van der Waals surface area (Å²) in [6.07, 6.45) is -1.95. The summed E-state index contributed by atoms with van der Waals surface area (Å²) >= 11 is 0. The number of rotatable bonds is 2. The zero-order chi connectivity index (χ0) is 14.8. The lowest BCUT2D eigenvalue weighted by Crippen LogP contribution is -2.46. The Morgan fingerprint density at radius 2 is 1.85 bits per heavy atom. The average molecular weight is 293 g/mol. The van der Waals surface area contributed by atoms with Gasteiger partial charge in [-0.1, -0.05) is 6.92 Å². The molecule has 0 spiro atoms. The van der Waals surface area contributed by atoms with E-state index in [1.54, 1.807) is 0 Å². The molecule has 2 saturated heterocycles. The second-order valence-electron chi connectivity index (χ2n) is 6.79. The second-order valence-corrected chi connectivity index (χ2v) is 6.79. The van der Waals surface area contributed by atoms with Crippen molar-refractivity contribution in [2.45, 2.75) is 25.9 Å². The fourth-order valence-electron chi connectivity index (χ4n) is 3.20. The molecule has 20 heavy (non-hydrogen) atoms. The summed E-state index contributed by atoms with van der Waals surface area (Å²) < 4.78 is 38.8. The largest absolute Gasteiger partial charge is 0.394 e. The van der Waals surface area contributed by atoms with Crippen molar-refractivity contribution in [1.82, 2.24) is 15.1 Å². The van der Waals surface area contributed by atoms with Crippen molar-refractivity contribution in [2.24, 2.45) is 11.3 Å². The zero-order valence-corrected chi connectivity index (χ0v) is 12.5. The first-order valence-electron chi connectivity index (χ1n) is 7.47. The van der Waals surface area contributed by atoms with E-state index in [0.717, 1.165) is 39.0 Å². The van der Waals surface area contributed by atoms with Gasteiger partial charge in [-0.3, -0.25) is 0 Å². The van der Waals surface area contributed by atoms with Gasteiger partial charge >= 0.3 is 6.18 Å². The van der Waals surface area contributed by atoms with Crippen molar-refractivity contribution in [2.75, 3.05) is 52.9 Å². The molecule has 0 aromatic rings. The van der Waals surface area contributed by atoms with E-state index in [2.05, 4.69) is 24.2 Å². The van der Waals surface area contributed by atoms with Gasteiger partial charge in [0.2, 0.25) is 0 Å². The number of likely N-dealkylation sites (tertiary alicyclic amines) is 1. The van der Waals surface area contributed by atoms with Gasteiger partial charge in [0.05, 0.1) is 5.92 Å². The van der Waals surface area contributed by atoms with E-state index in [0.29, 0.717) is 6.54 Å². The minimum Gasteiger partial charge on any atom is -0.315 e. The van der Waals surface area contributed by atoms with Crippen LogP contribution < -0.4 is 5.32 Å². The third-order valence-electron chi connectivity index (χ3n) is 4.74. The van der Waals surface area contributed by atoms with Crippen molar-refractivity contribution in [3.05, 3.63) is 0 Å². The Bertz CT molecular complexity index is 311. The lowest BCUT2D eigenvalue weighted by Gasteiger charge is -2.41. The molecule has 118 valence electrons. The van der Waals surface area contributed by atoms with Crippen LogP contribution in [0.3, 0.4) is 0 Å². The number of halogens is 3. The van der Waals surface area contributed by atoms with Gasteiger partial charge in [-0.25, -0.2) is 0 Å². The molecule has 0 saturated carbocycles. The number of hydrogen-bond acceptors (Lipinski definition) is 3. The van der Waals surface area contributed by atoms with Crippen LogP contribution in [0.5, 0.6) is 0 Å². The van der Waals surface area contributed by atoms with Crippen LogP contribution in [0.2, 0.25) is 0 Å². The second kappa shape index (κ2) is 6.20. The molecule has 6 heteroatoms. The lowest BCUT2D eigenvalue weighted by molar-refractivity contribution is -0.176. The van der Waals surface area contributed by atoms with Crippen LogP contribution in [0, 0.1) is 11.3 Å². The van der Waals surface area contributed by atoms with Gasteiger partial charge in [0.1, 0.15) is 0 Å². The highest BCUT2D eigenvalue weighted by molar-refractivity contribution is 4.87. The van der Waals surface area contributed by atoms with Gasteiger partial charge in [0.25, 0.3) is 0 Å². The van der Waals surface area contributed by atoms with Crippen LogP contribution in [0.1, 0.15) is 19.8 Å². The summed E-state index contributed by atoms with van der Waals surface area (Å²) in [6.45, 7) is 6.68. The normalized spacial score (nSPS) is 30.1. The summed E-state index contributed by atoms with van der Waals surface area (Å²) in [4.78, 5) is 4.31. The van der Waals surface area contributed by atoms with Gasteiger partial charge in [0, 0.05) is 32.7 Å². The first-order chi connectivity index (χ1) is 9.28. The Kier molecular flexibility index (Phi) is 4.97. The Balaban J connectivity index is 1.93. The first-order valence-corrected chi connectivity index (χ1v) is 7.47. The van der Waals surface area contributed by atoms with Crippen LogP contribution in [0.15, 0.2) is 0 Å². The van der Waals surface area contributed by atoms with E-state index < -0.39 is 12.1 Å². The van der Waals surface area contributed by atoms with Crippen molar-refractivity contribution in [3.63, 3.8) is 0 Å². The highest BCUT2D eigenvalue weighted by Gasteiger charge is 2.42. The molecule has 0 radical (unpaired) electrons. The van der Waals surface area contributed by atoms with Crippen molar-refractivity contribution in [3.8, 4) is 0 Å². The molecule has 0 aromatic heterocycles. The molecule has 0 bridgehead atoms. The predicted molar refractivity (Wildman–Crippen MR) is 73.7 cm³/mol. The number of piperidine rings is 1. The first kappa shape index (κ1) is 16.0. The molecule has 3 nitrogen and oxygen atoms in total. The molecule has 0 aliphatic carbocycles. The standard InChI is InChI=1S/C14H26F3N3/c1-13(3-6-19(2)7-4-13)11-20-8-5-18-9-12(10-20)14(15,16)17/h12,18H,3-11H2,1-2H3. The Labute approximate surface area is 119 Å².